The van der Waals surface area contributed by atoms with Crippen LogP contribution in [0, 0.1) is 11.8 Å². The molecule has 17 heavy (non-hydrogen) atoms. The number of hydrogen-bond donors (Lipinski definition) is 0. The molecule has 2 heteroatoms. The molecule has 0 aromatic rings. The smallest absolute Gasteiger partial charge is 0.149 e. The van der Waals surface area contributed by atoms with E-state index >= 15 is 0 Å². The standard InChI is InChI=1S/C15H20BF/c1-8(2)15(16)14-12(6)11(5)10(4)9(3)7-13(14)17/h12,14H,1-6H3. The predicted molar refractivity (Wildman–Crippen MR) is 72.5 cm³/mol. The number of allylic oxidation sites excluding steroid dienone is 5. The first-order valence-electron chi connectivity index (χ1n) is 6.00. The summed E-state index contributed by atoms with van der Waals surface area (Å²) in [4.78, 5) is 0. The molecule has 2 unspecified atom stereocenters. The van der Waals surface area contributed by atoms with Crippen molar-refractivity contribution in [3.8, 4) is 0 Å². The van der Waals surface area contributed by atoms with E-state index in [1.807, 2.05) is 34.6 Å². The van der Waals surface area contributed by atoms with E-state index in [1.165, 1.54) is 5.57 Å². The maximum absolute atomic E-state index is 14.2. The zero-order valence-corrected chi connectivity index (χ0v) is 11.6. The molecule has 0 nitrogen and oxygen atoms in total. The summed E-state index contributed by atoms with van der Waals surface area (Å²) < 4.78 is 14.2. The van der Waals surface area contributed by atoms with Gasteiger partial charge in [-0.3, -0.25) is 0 Å². The van der Waals surface area contributed by atoms with Gasteiger partial charge in [0, 0.05) is 5.92 Å². The second kappa shape index (κ2) is 5.10. The van der Waals surface area contributed by atoms with Crippen molar-refractivity contribution in [2.45, 2.75) is 41.5 Å². The topological polar surface area (TPSA) is 0 Å². The molecule has 0 aromatic carbocycles. The molecule has 2 atom stereocenters. The van der Waals surface area contributed by atoms with Crippen molar-refractivity contribution in [3.05, 3.63) is 39.3 Å². The molecule has 1 rings (SSSR count). The van der Waals surface area contributed by atoms with Gasteiger partial charge in [0.25, 0.3) is 0 Å². The Hall–Kier alpha value is -1.01. The zero-order chi connectivity index (χ0) is 13.3. The van der Waals surface area contributed by atoms with Crippen LogP contribution in [0.15, 0.2) is 39.3 Å². The summed E-state index contributed by atoms with van der Waals surface area (Å²) in [5.74, 6) is -0.535. The minimum Gasteiger partial charge on any atom is -0.202 e. The first-order chi connectivity index (χ1) is 7.77. The van der Waals surface area contributed by atoms with Crippen molar-refractivity contribution < 1.29 is 4.39 Å². The highest BCUT2D eigenvalue weighted by Crippen LogP contribution is 2.37. The quantitative estimate of drug-likeness (QED) is 0.461. The maximum Gasteiger partial charge on any atom is 0.149 e. The molecule has 0 amide bonds. The molecule has 0 aromatic heterocycles. The Labute approximate surface area is 105 Å². The van der Waals surface area contributed by atoms with Gasteiger partial charge in [-0.25, -0.2) is 4.39 Å². The lowest BCUT2D eigenvalue weighted by atomic mass is 9.72. The summed E-state index contributed by atoms with van der Waals surface area (Å²) in [5.41, 5.74) is 7.62. The summed E-state index contributed by atoms with van der Waals surface area (Å²) in [6, 6.07) is 0. The van der Waals surface area contributed by atoms with Gasteiger partial charge in [-0.2, -0.15) is 0 Å². The summed E-state index contributed by atoms with van der Waals surface area (Å²) in [6.45, 7) is 11.8. The van der Waals surface area contributed by atoms with Crippen molar-refractivity contribution in [3.63, 3.8) is 0 Å². The van der Waals surface area contributed by atoms with E-state index in [0.29, 0.717) is 5.47 Å². The lowest BCUT2D eigenvalue weighted by Crippen LogP contribution is -2.17. The molecular formula is C15H20BF. The molecule has 90 valence electrons. The molecule has 2 radical (unpaired) electrons. The van der Waals surface area contributed by atoms with Gasteiger partial charge in [-0.15, -0.1) is 5.47 Å². The lowest BCUT2D eigenvalue weighted by Gasteiger charge is -2.25. The molecule has 0 heterocycles. The largest absolute Gasteiger partial charge is 0.202 e. The van der Waals surface area contributed by atoms with Crippen LogP contribution in [-0.4, -0.2) is 7.85 Å². The number of halogens is 1. The summed E-state index contributed by atoms with van der Waals surface area (Å²) in [6.07, 6.45) is 0. The van der Waals surface area contributed by atoms with Gasteiger partial charge in [0.1, 0.15) is 13.7 Å². The van der Waals surface area contributed by atoms with E-state index in [1.54, 1.807) is 0 Å². The normalized spacial score (nSPS) is 25.1. The van der Waals surface area contributed by atoms with E-state index in [2.05, 4.69) is 12.7 Å². The summed E-state index contributed by atoms with van der Waals surface area (Å²) in [5, 5.41) is 0. The molecule has 0 aliphatic heterocycles. The maximum atomic E-state index is 14.2. The molecule has 1 aliphatic rings. The Bertz CT molecular complexity index is 455. The van der Waals surface area contributed by atoms with Crippen LogP contribution < -0.4 is 0 Å². The van der Waals surface area contributed by atoms with Gasteiger partial charge in [0.05, 0.1) is 0 Å². The molecule has 0 saturated carbocycles. The van der Waals surface area contributed by atoms with Crippen molar-refractivity contribution in [2.24, 2.45) is 11.8 Å². The summed E-state index contributed by atoms with van der Waals surface area (Å²) in [7, 11) is 6.04. The second-order valence-electron chi connectivity index (χ2n) is 5.13. The van der Waals surface area contributed by atoms with Crippen molar-refractivity contribution in [1.82, 2.24) is 0 Å². The average Bonchev–Trinajstić information content (AvgIpc) is 2.31. The van der Waals surface area contributed by atoms with E-state index in [-0.39, 0.29) is 17.7 Å². The van der Waals surface area contributed by atoms with Crippen molar-refractivity contribution in [2.75, 3.05) is 0 Å². The molecule has 0 spiro atoms. The highest BCUT2D eigenvalue weighted by molar-refractivity contribution is 6.22. The first-order valence-corrected chi connectivity index (χ1v) is 6.00. The SMILES string of the molecule is [B]C(=C(C)C)C1C(F)=C=C(C)C(C)=C(C)C1C. The second-order valence-corrected chi connectivity index (χ2v) is 5.13. The van der Waals surface area contributed by atoms with Crippen molar-refractivity contribution in [1.29, 1.82) is 0 Å². The van der Waals surface area contributed by atoms with Crippen LogP contribution in [0.2, 0.25) is 0 Å². The minimum atomic E-state index is -0.368. The van der Waals surface area contributed by atoms with Crippen LogP contribution in [0.25, 0.3) is 0 Å². The van der Waals surface area contributed by atoms with Crippen LogP contribution in [-0.2, 0) is 0 Å². The Morgan fingerprint density at radius 2 is 1.76 bits per heavy atom. The van der Waals surface area contributed by atoms with Crippen LogP contribution in [0.3, 0.4) is 0 Å². The third-order valence-electron chi connectivity index (χ3n) is 3.83. The summed E-state index contributed by atoms with van der Waals surface area (Å²) >= 11 is 0. The van der Waals surface area contributed by atoms with Crippen LogP contribution >= 0.6 is 0 Å². The third-order valence-corrected chi connectivity index (χ3v) is 3.83. The van der Waals surface area contributed by atoms with Gasteiger partial charge in [0.15, 0.2) is 0 Å². The fourth-order valence-corrected chi connectivity index (χ4v) is 2.17. The fourth-order valence-electron chi connectivity index (χ4n) is 2.17. The molecule has 0 fully saturated rings. The highest BCUT2D eigenvalue weighted by atomic mass is 19.1. The van der Waals surface area contributed by atoms with Gasteiger partial charge in [-0.1, -0.05) is 23.8 Å². The molecular weight excluding hydrogens is 210 g/mol. The van der Waals surface area contributed by atoms with Gasteiger partial charge in [0.2, 0.25) is 0 Å². The Kier molecular flexibility index (Phi) is 4.22. The Morgan fingerprint density at radius 3 is 2.24 bits per heavy atom. The zero-order valence-electron chi connectivity index (χ0n) is 11.6. The Balaban J connectivity index is 3.47. The van der Waals surface area contributed by atoms with Gasteiger partial charge in [-0.05, 0) is 51.7 Å². The molecule has 0 saturated heterocycles. The fraction of sp³-hybridized carbons (Fsp3) is 0.533. The van der Waals surface area contributed by atoms with E-state index < -0.39 is 0 Å². The first kappa shape index (κ1) is 14.1. The van der Waals surface area contributed by atoms with Gasteiger partial charge < -0.3 is 0 Å². The van der Waals surface area contributed by atoms with Gasteiger partial charge >= 0.3 is 0 Å². The van der Waals surface area contributed by atoms with Crippen LogP contribution in [0.4, 0.5) is 4.39 Å². The lowest BCUT2D eigenvalue weighted by molar-refractivity contribution is 0.439. The minimum absolute atomic E-state index is 0.0786. The molecule has 0 N–H and O–H groups in total. The van der Waals surface area contributed by atoms with E-state index in [9.17, 15) is 4.39 Å². The molecule has 0 bridgehead atoms. The van der Waals surface area contributed by atoms with Crippen LogP contribution in [0.5, 0.6) is 0 Å². The predicted octanol–water partition coefficient (Wildman–Crippen LogP) is 4.45. The monoisotopic (exact) mass is 230 g/mol. The molecule has 1 aliphatic carbocycles. The number of rotatable bonds is 1. The average molecular weight is 230 g/mol. The van der Waals surface area contributed by atoms with E-state index in [4.69, 9.17) is 7.85 Å². The van der Waals surface area contributed by atoms with Crippen LogP contribution in [0.1, 0.15) is 41.5 Å². The third kappa shape index (κ3) is 2.64. The van der Waals surface area contributed by atoms with Crippen molar-refractivity contribution >= 4 is 7.85 Å². The van der Waals surface area contributed by atoms with E-state index in [0.717, 1.165) is 16.7 Å². The highest BCUT2D eigenvalue weighted by Gasteiger charge is 2.28. The Morgan fingerprint density at radius 1 is 1.24 bits per heavy atom. The number of hydrogen-bond acceptors (Lipinski definition) is 0.